The number of pyridine rings is 1. The van der Waals surface area contributed by atoms with E-state index >= 15 is 0 Å². The van der Waals surface area contributed by atoms with E-state index in [4.69, 9.17) is 16.3 Å². The molecule has 0 atom stereocenters. The lowest BCUT2D eigenvalue weighted by Gasteiger charge is -2.32. The molecule has 3 rings (SSSR count). The van der Waals surface area contributed by atoms with E-state index in [2.05, 4.69) is 4.98 Å². The van der Waals surface area contributed by atoms with Gasteiger partial charge in [0.05, 0.1) is 5.02 Å². The molecule has 2 aromatic rings. The number of likely N-dealkylation sites (tertiary alicyclic amines) is 1. The third-order valence-electron chi connectivity index (χ3n) is 3.99. The van der Waals surface area contributed by atoms with Crippen LogP contribution in [0.15, 0.2) is 42.6 Å². The Morgan fingerprint density at radius 3 is 2.46 bits per heavy atom. The molecule has 0 spiro atoms. The number of carbonyl (C=O) groups excluding carboxylic acids is 2. The number of hydrogen-bond donors (Lipinski definition) is 0. The van der Waals surface area contributed by atoms with Gasteiger partial charge in [0.1, 0.15) is 23.8 Å². The van der Waals surface area contributed by atoms with Crippen molar-refractivity contribution in [3.05, 3.63) is 58.9 Å². The Labute approximate surface area is 145 Å². The molecule has 1 aromatic heterocycles. The molecule has 2 heterocycles. The van der Waals surface area contributed by atoms with Gasteiger partial charge in [0.25, 0.3) is 5.91 Å². The van der Waals surface area contributed by atoms with Crippen LogP contribution in [-0.4, -0.2) is 41.3 Å². The van der Waals surface area contributed by atoms with Gasteiger partial charge in [-0.25, -0.2) is 4.98 Å². The number of aromatic nitrogens is 1. The minimum atomic E-state index is -0.0829. The second-order valence-electron chi connectivity index (χ2n) is 5.66. The van der Waals surface area contributed by atoms with Crippen LogP contribution in [0.2, 0.25) is 5.02 Å². The van der Waals surface area contributed by atoms with Gasteiger partial charge < -0.3 is 9.64 Å². The number of amides is 1. The molecule has 6 heteroatoms. The molecule has 1 aliphatic heterocycles. The smallest absolute Gasteiger partial charge is 0.272 e. The van der Waals surface area contributed by atoms with Crippen molar-refractivity contribution < 1.29 is 14.3 Å². The molecule has 5 nitrogen and oxygen atoms in total. The molecule has 124 valence electrons. The number of piperidine rings is 1. The van der Waals surface area contributed by atoms with Gasteiger partial charge in [0.2, 0.25) is 0 Å². The van der Waals surface area contributed by atoms with E-state index in [9.17, 15) is 9.59 Å². The molecule has 0 saturated carbocycles. The van der Waals surface area contributed by atoms with Crippen molar-refractivity contribution in [3.8, 4) is 5.75 Å². The Kier molecular flexibility index (Phi) is 5.11. The Balaban J connectivity index is 1.54. The average molecular weight is 345 g/mol. The molecule has 0 N–H and O–H groups in total. The summed E-state index contributed by atoms with van der Waals surface area (Å²) in [6, 6.07) is 10.3. The lowest BCUT2D eigenvalue weighted by molar-refractivity contribution is 0.0590. The largest absolute Gasteiger partial charge is 0.490 e. The highest BCUT2D eigenvalue weighted by molar-refractivity contribution is 6.30. The summed E-state index contributed by atoms with van der Waals surface area (Å²) < 4.78 is 5.92. The summed E-state index contributed by atoms with van der Waals surface area (Å²) >= 11 is 5.79. The molecule has 0 aliphatic carbocycles. The Hall–Kier alpha value is -2.40. The number of benzene rings is 1. The molecular formula is C18H17ClN2O3. The average Bonchev–Trinajstić information content (AvgIpc) is 2.63. The number of rotatable bonds is 4. The maximum atomic E-state index is 12.4. The van der Waals surface area contributed by atoms with Gasteiger partial charge in [0, 0.05) is 37.7 Å². The zero-order valence-corrected chi connectivity index (χ0v) is 13.8. The first kappa shape index (κ1) is 16.5. The predicted molar refractivity (Wildman–Crippen MR) is 90.6 cm³/mol. The SMILES string of the molecule is O=Cc1ccc(OC2CCN(C(=O)c3ccc(Cl)cn3)CC2)cc1. The Morgan fingerprint density at radius 1 is 1.17 bits per heavy atom. The fourth-order valence-corrected chi connectivity index (χ4v) is 2.77. The van der Waals surface area contributed by atoms with E-state index in [1.54, 1.807) is 41.3 Å². The molecule has 0 bridgehead atoms. The fraction of sp³-hybridized carbons (Fsp3) is 0.278. The monoisotopic (exact) mass is 344 g/mol. The van der Waals surface area contributed by atoms with E-state index in [0.29, 0.717) is 29.4 Å². The van der Waals surface area contributed by atoms with Gasteiger partial charge in [-0.1, -0.05) is 11.6 Å². The lowest BCUT2D eigenvalue weighted by Crippen LogP contribution is -2.42. The van der Waals surface area contributed by atoms with Crippen molar-refractivity contribution in [2.24, 2.45) is 0 Å². The van der Waals surface area contributed by atoms with Crippen LogP contribution in [-0.2, 0) is 0 Å². The summed E-state index contributed by atoms with van der Waals surface area (Å²) in [5.41, 5.74) is 1.03. The van der Waals surface area contributed by atoms with Gasteiger partial charge in [-0.2, -0.15) is 0 Å². The van der Waals surface area contributed by atoms with Crippen molar-refractivity contribution in [3.63, 3.8) is 0 Å². The number of nitrogens with zero attached hydrogens (tertiary/aromatic N) is 2. The maximum Gasteiger partial charge on any atom is 0.272 e. The minimum Gasteiger partial charge on any atom is -0.490 e. The van der Waals surface area contributed by atoms with Gasteiger partial charge in [-0.15, -0.1) is 0 Å². The van der Waals surface area contributed by atoms with E-state index < -0.39 is 0 Å². The van der Waals surface area contributed by atoms with Crippen LogP contribution in [0.5, 0.6) is 5.75 Å². The summed E-state index contributed by atoms with van der Waals surface area (Å²) in [6.45, 7) is 1.25. The van der Waals surface area contributed by atoms with Gasteiger partial charge in [-0.05, 0) is 36.4 Å². The van der Waals surface area contributed by atoms with Crippen LogP contribution in [0.1, 0.15) is 33.7 Å². The molecular weight excluding hydrogens is 328 g/mol. The molecule has 1 aromatic carbocycles. The fourth-order valence-electron chi connectivity index (χ4n) is 2.66. The number of aldehydes is 1. The maximum absolute atomic E-state index is 12.4. The summed E-state index contributed by atoms with van der Waals surface area (Å²) in [5.74, 6) is 0.658. The van der Waals surface area contributed by atoms with Crippen molar-refractivity contribution in [2.45, 2.75) is 18.9 Å². The first-order valence-electron chi connectivity index (χ1n) is 7.78. The Morgan fingerprint density at radius 2 is 1.88 bits per heavy atom. The predicted octanol–water partition coefficient (Wildman–Crippen LogP) is 3.23. The highest BCUT2D eigenvalue weighted by Crippen LogP contribution is 2.20. The number of carbonyl (C=O) groups is 2. The van der Waals surface area contributed by atoms with Crippen molar-refractivity contribution >= 4 is 23.8 Å². The minimum absolute atomic E-state index is 0.0642. The van der Waals surface area contributed by atoms with Crippen molar-refractivity contribution in [1.82, 2.24) is 9.88 Å². The summed E-state index contributed by atoms with van der Waals surface area (Å²) in [4.78, 5) is 28.9. The lowest BCUT2D eigenvalue weighted by atomic mass is 10.1. The Bertz CT molecular complexity index is 708. The second-order valence-corrected chi connectivity index (χ2v) is 6.09. The molecule has 1 aliphatic rings. The number of halogens is 1. The van der Waals surface area contributed by atoms with Crippen LogP contribution in [0.3, 0.4) is 0 Å². The van der Waals surface area contributed by atoms with Gasteiger partial charge in [0.15, 0.2) is 0 Å². The van der Waals surface area contributed by atoms with E-state index in [-0.39, 0.29) is 12.0 Å². The van der Waals surface area contributed by atoms with Gasteiger partial charge >= 0.3 is 0 Å². The van der Waals surface area contributed by atoms with Crippen molar-refractivity contribution in [1.29, 1.82) is 0 Å². The summed E-state index contributed by atoms with van der Waals surface area (Å²) in [7, 11) is 0. The highest BCUT2D eigenvalue weighted by Gasteiger charge is 2.25. The quantitative estimate of drug-likeness (QED) is 0.799. The van der Waals surface area contributed by atoms with Crippen molar-refractivity contribution in [2.75, 3.05) is 13.1 Å². The number of ether oxygens (including phenoxy) is 1. The molecule has 1 fully saturated rings. The van der Waals surface area contributed by atoms with Crippen LogP contribution < -0.4 is 4.74 Å². The molecule has 1 saturated heterocycles. The van der Waals surface area contributed by atoms with Crippen LogP contribution in [0, 0.1) is 0 Å². The zero-order chi connectivity index (χ0) is 16.9. The molecule has 1 amide bonds. The molecule has 0 unspecified atom stereocenters. The van der Waals surface area contributed by atoms with Crippen LogP contribution in [0.4, 0.5) is 0 Å². The third-order valence-corrected chi connectivity index (χ3v) is 4.22. The van der Waals surface area contributed by atoms with E-state index in [0.717, 1.165) is 24.9 Å². The summed E-state index contributed by atoms with van der Waals surface area (Å²) in [5, 5.41) is 0.513. The van der Waals surface area contributed by atoms with E-state index in [1.165, 1.54) is 6.20 Å². The van der Waals surface area contributed by atoms with Crippen LogP contribution >= 0.6 is 11.6 Å². The standard InChI is InChI=1S/C18H17ClN2O3/c19-14-3-6-17(20-11-14)18(23)21-9-7-16(8-10-21)24-15-4-1-13(12-22)2-5-15/h1-6,11-12,16H,7-10H2. The highest BCUT2D eigenvalue weighted by atomic mass is 35.5. The van der Waals surface area contributed by atoms with E-state index in [1.807, 2.05) is 0 Å². The van der Waals surface area contributed by atoms with Gasteiger partial charge in [-0.3, -0.25) is 9.59 Å². The normalized spacial score (nSPS) is 15.1. The topological polar surface area (TPSA) is 59.5 Å². The van der Waals surface area contributed by atoms with Crippen LogP contribution in [0.25, 0.3) is 0 Å². The first-order valence-corrected chi connectivity index (χ1v) is 8.16. The second kappa shape index (κ2) is 7.45. The first-order chi connectivity index (χ1) is 11.7. The third kappa shape index (κ3) is 3.92. The molecule has 24 heavy (non-hydrogen) atoms. The zero-order valence-electron chi connectivity index (χ0n) is 13.0. The summed E-state index contributed by atoms with van der Waals surface area (Å²) in [6.07, 6.45) is 3.87. The molecule has 0 radical (unpaired) electrons. The number of hydrogen-bond acceptors (Lipinski definition) is 4.